The lowest BCUT2D eigenvalue weighted by molar-refractivity contribution is 0.313. The van der Waals surface area contributed by atoms with E-state index in [9.17, 15) is 0 Å². The molecule has 0 amide bonds. The first-order valence-electron chi connectivity index (χ1n) is 7.29. The van der Waals surface area contributed by atoms with Crippen LogP contribution >= 0.6 is 0 Å². The van der Waals surface area contributed by atoms with E-state index in [1.807, 2.05) is 0 Å². The van der Waals surface area contributed by atoms with Gasteiger partial charge in [-0.25, -0.2) is 0 Å². The molecule has 1 fully saturated rings. The van der Waals surface area contributed by atoms with Gasteiger partial charge in [0, 0.05) is 6.54 Å². The summed E-state index contributed by atoms with van der Waals surface area (Å²) in [5.74, 6) is 0.913. The Hall–Kier alpha value is -0.0800. The van der Waals surface area contributed by atoms with Crippen molar-refractivity contribution in [3.05, 3.63) is 0 Å². The summed E-state index contributed by atoms with van der Waals surface area (Å²) in [4.78, 5) is 2.66. The van der Waals surface area contributed by atoms with Crippen LogP contribution in [0.15, 0.2) is 0 Å². The number of rotatable bonds is 9. The van der Waals surface area contributed by atoms with Gasteiger partial charge in [-0.15, -0.1) is 0 Å². The van der Waals surface area contributed by atoms with Crippen molar-refractivity contribution >= 4 is 0 Å². The molecule has 0 aromatic carbocycles. The Bertz CT molecular complexity index is 159. The second-order valence-corrected chi connectivity index (χ2v) is 5.18. The zero-order valence-corrected chi connectivity index (χ0v) is 11.3. The summed E-state index contributed by atoms with van der Waals surface area (Å²) in [7, 11) is 0. The van der Waals surface area contributed by atoms with Crippen molar-refractivity contribution < 1.29 is 0 Å². The van der Waals surface area contributed by atoms with Crippen LogP contribution in [0.2, 0.25) is 0 Å². The van der Waals surface area contributed by atoms with Crippen LogP contribution in [-0.4, -0.2) is 37.6 Å². The monoisotopic (exact) mass is 226 g/mol. The quantitative estimate of drug-likeness (QED) is 0.608. The van der Waals surface area contributed by atoms with Gasteiger partial charge in [-0.3, -0.25) is 0 Å². The Morgan fingerprint density at radius 3 is 2.69 bits per heavy atom. The second kappa shape index (κ2) is 9.00. The summed E-state index contributed by atoms with van der Waals surface area (Å²) >= 11 is 0. The van der Waals surface area contributed by atoms with Crippen molar-refractivity contribution in [1.82, 2.24) is 10.2 Å². The van der Waals surface area contributed by atoms with Crippen molar-refractivity contribution in [2.75, 3.05) is 32.7 Å². The van der Waals surface area contributed by atoms with Gasteiger partial charge >= 0.3 is 0 Å². The van der Waals surface area contributed by atoms with Gasteiger partial charge in [0.1, 0.15) is 0 Å². The maximum absolute atomic E-state index is 3.47. The predicted molar refractivity (Wildman–Crippen MR) is 71.8 cm³/mol. The molecule has 1 atom stereocenters. The highest BCUT2D eigenvalue weighted by molar-refractivity contribution is 4.76. The Labute approximate surface area is 102 Å². The van der Waals surface area contributed by atoms with Gasteiger partial charge in [-0.2, -0.15) is 0 Å². The van der Waals surface area contributed by atoms with E-state index in [0.29, 0.717) is 0 Å². The van der Waals surface area contributed by atoms with Gasteiger partial charge in [0.05, 0.1) is 0 Å². The molecule has 1 N–H and O–H groups in total. The van der Waals surface area contributed by atoms with E-state index in [2.05, 4.69) is 24.1 Å². The first kappa shape index (κ1) is 14.0. The number of hydrogen-bond acceptors (Lipinski definition) is 2. The molecule has 0 aromatic heterocycles. The molecule has 1 rings (SSSR count). The Balaban J connectivity index is 1.94. The van der Waals surface area contributed by atoms with Gasteiger partial charge < -0.3 is 10.2 Å². The molecule has 1 unspecified atom stereocenters. The standard InChI is InChI=1S/C14H30N2/c1-3-5-6-7-8-10-16-11-9-14(13-16)12-15-4-2/h14-15H,3-13H2,1-2H3. The van der Waals surface area contributed by atoms with Gasteiger partial charge in [-0.05, 0) is 44.9 Å². The molecule has 0 bridgehead atoms. The molecule has 0 spiro atoms. The zero-order valence-electron chi connectivity index (χ0n) is 11.3. The van der Waals surface area contributed by atoms with E-state index in [1.165, 1.54) is 64.7 Å². The highest BCUT2D eigenvalue weighted by Gasteiger charge is 2.20. The zero-order chi connectivity index (χ0) is 11.6. The molecule has 1 heterocycles. The third kappa shape index (κ3) is 5.86. The Kier molecular flexibility index (Phi) is 7.87. The third-order valence-electron chi connectivity index (χ3n) is 3.63. The van der Waals surface area contributed by atoms with E-state index in [1.54, 1.807) is 0 Å². The topological polar surface area (TPSA) is 15.3 Å². The Morgan fingerprint density at radius 1 is 1.12 bits per heavy atom. The van der Waals surface area contributed by atoms with Crippen molar-refractivity contribution in [2.24, 2.45) is 5.92 Å². The number of likely N-dealkylation sites (tertiary alicyclic amines) is 1. The smallest absolute Gasteiger partial charge is 0.00223 e. The minimum atomic E-state index is 0.913. The Morgan fingerprint density at radius 2 is 1.94 bits per heavy atom. The van der Waals surface area contributed by atoms with Gasteiger partial charge in [0.2, 0.25) is 0 Å². The largest absolute Gasteiger partial charge is 0.317 e. The fourth-order valence-corrected chi connectivity index (χ4v) is 2.57. The molecular weight excluding hydrogens is 196 g/mol. The number of nitrogens with one attached hydrogen (secondary N) is 1. The van der Waals surface area contributed by atoms with Crippen molar-refractivity contribution in [2.45, 2.75) is 52.4 Å². The van der Waals surface area contributed by atoms with Crippen LogP contribution < -0.4 is 5.32 Å². The number of unbranched alkanes of at least 4 members (excludes halogenated alkanes) is 4. The first-order valence-corrected chi connectivity index (χ1v) is 7.29. The van der Waals surface area contributed by atoms with Gasteiger partial charge in [-0.1, -0.05) is 39.5 Å². The molecule has 0 saturated carbocycles. The molecule has 1 saturated heterocycles. The first-order chi connectivity index (χ1) is 7.86. The summed E-state index contributed by atoms with van der Waals surface area (Å²) in [6.07, 6.45) is 8.46. The summed E-state index contributed by atoms with van der Waals surface area (Å²) < 4.78 is 0. The van der Waals surface area contributed by atoms with Crippen LogP contribution in [-0.2, 0) is 0 Å². The molecule has 2 nitrogen and oxygen atoms in total. The lowest BCUT2D eigenvalue weighted by atomic mass is 10.1. The highest BCUT2D eigenvalue weighted by atomic mass is 15.1. The maximum atomic E-state index is 3.47. The fourth-order valence-electron chi connectivity index (χ4n) is 2.57. The van der Waals surface area contributed by atoms with Crippen LogP contribution in [0.25, 0.3) is 0 Å². The lowest BCUT2D eigenvalue weighted by Gasteiger charge is -2.15. The summed E-state index contributed by atoms with van der Waals surface area (Å²) in [5.41, 5.74) is 0. The SMILES string of the molecule is CCCCCCCN1CCC(CNCC)C1. The highest BCUT2D eigenvalue weighted by Crippen LogP contribution is 2.16. The predicted octanol–water partition coefficient (Wildman–Crippen LogP) is 2.89. The molecule has 2 heteroatoms. The molecule has 0 radical (unpaired) electrons. The molecular formula is C14H30N2. The minimum absolute atomic E-state index is 0.913. The maximum Gasteiger partial charge on any atom is 0.00223 e. The fraction of sp³-hybridized carbons (Fsp3) is 1.00. The van der Waals surface area contributed by atoms with E-state index in [-0.39, 0.29) is 0 Å². The van der Waals surface area contributed by atoms with Gasteiger partial charge in [0.15, 0.2) is 0 Å². The van der Waals surface area contributed by atoms with Crippen LogP contribution in [0.3, 0.4) is 0 Å². The number of hydrogen-bond donors (Lipinski definition) is 1. The summed E-state index contributed by atoms with van der Waals surface area (Å²) in [5, 5.41) is 3.47. The lowest BCUT2D eigenvalue weighted by Crippen LogP contribution is -2.26. The van der Waals surface area contributed by atoms with E-state index in [0.717, 1.165) is 12.5 Å². The molecule has 1 aliphatic heterocycles. The normalized spacial score (nSPS) is 21.8. The molecule has 1 aliphatic rings. The third-order valence-corrected chi connectivity index (χ3v) is 3.63. The van der Waals surface area contributed by atoms with Crippen molar-refractivity contribution in [3.8, 4) is 0 Å². The van der Waals surface area contributed by atoms with Gasteiger partial charge in [0.25, 0.3) is 0 Å². The minimum Gasteiger partial charge on any atom is -0.317 e. The molecule has 16 heavy (non-hydrogen) atoms. The van der Waals surface area contributed by atoms with Crippen molar-refractivity contribution in [3.63, 3.8) is 0 Å². The van der Waals surface area contributed by atoms with E-state index in [4.69, 9.17) is 0 Å². The molecule has 96 valence electrons. The molecule has 0 aromatic rings. The average molecular weight is 226 g/mol. The van der Waals surface area contributed by atoms with Crippen molar-refractivity contribution in [1.29, 1.82) is 0 Å². The van der Waals surface area contributed by atoms with E-state index >= 15 is 0 Å². The average Bonchev–Trinajstić information content (AvgIpc) is 2.74. The van der Waals surface area contributed by atoms with Crippen LogP contribution in [0.5, 0.6) is 0 Å². The van der Waals surface area contributed by atoms with E-state index < -0.39 is 0 Å². The summed E-state index contributed by atoms with van der Waals surface area (Å²) in [6, 6.07) is 0. The van der Waals surface area contributed by atoms with Crippen LogP contribution in [0, 0.1) is 5.92 Å². The summed E-state index contributed by atoms with van der Waals surface area (Å²) in [6.45, 7) is 10.8. The molecule has 0 aliphatic carbocycles. The second-order valence-electron chi connectivity index (χ2n) is 5.18. The van der Waals surface area contributed by atoms with Crippen LogP contribution in [0.1, 0.15) is 52.4 Å². The number of nitrogens with zero attached hydrogens (tertiary/aromatic N) is 1. The van der Waals surface area contributed by atoms with Crippen LogP contribution in [0.4, 0.5) is 0 Å².